The van der Waals surface area contributed by atoms with Crippen LogP contribution in [0.15, 0.2) is 11.1 Å². The SMILES string of the molecule is CCCCOCCO[C@H]1O[C@@H](CCC)CC2=C1[C@H](O)CCC2=O. The summed E-state index contributed by atoms with van der Waals surface area (Å²) in [4.78, 5) is 12.2. The molecule has 0 aromatic rings. The summed E-state index contributed by atoms with van der Waals surface area (Å²) in [6.07, 6.45) is 4.30. The monoisotopic (exact) mass is 326 g/mol. The molecule has 3 atom stereocenters. The summed E-state index contributed by atoms with van der Waals surface area (Å²) >= 11 is 0. The number of Topliss-reactive ketones (excluding diaryl/α,β-unsaturated/α-hetero) is 1. The van der Waals surface area contributed by atoms with E-state index in [0.29, 0.717) is 38.0 Å². The molecule has 0 bridgehead atoms. The summed E-state index contributed by atoms with van der Waals surface area (Å²) in [5, 5.41) is 10.3. The Balaban J connectivity index is 1.96. The van der Waals surface area contributed by atoms with Crippen LogP contribution in [0.1, 0.15) is 58.8 Å². The highest BCUT2D eigenvalue weighted by atomic mass is 16.7. The molecule has 0 aromatic heterocycles. The minimum Gasteiger partial charge on any atom is -0.389 e. The first-order valence-electron chi connectivity index (χ1n) is 8.96. The van der Waals surface area contributed by atoms with Crippen molar-refractivity contribution in [2.45, 2.75) is 77.3 Å². The summed E-state index contributed by atoms with van der Waals surface area (Å²) in [5.41, 5.74) is 1.40. The highest BCUT2D eigenvalue weighted by Gasteiger charge is 2.39. The van der Waals surface area contributed by atoms with Gasteiger partial charge in [-0.2, -0.15) is 0 Å². The van der Waals surface area contributed by atoms with Gasteiger partial charge in [0.1, 0.15) is 0 Å². The number of carbonyl (C=O) groups is 1. The fourth-order valence-electron chi connectivity index (χ4n) is 3.17. The van der Waals surface area contributed by atoms with Crippen molar-refractivity contribution in [1.29, 1.82) is 0 Å². The summed E-state index contributed by atoms with van der Waals surface area (Å²) in [6, 6.07) is 0. The zero-order chi connectivity index (χ0) is 16.7. The third-order valence-corrected chi connectivity index (χ3v) is 4.44. The van der Waals surface area contributed by atoms with Gasteiger partial charge in [0.05, 0.1) is 25.4 Å². The minimum absolute atomic E-state index is 0.000917. The van der Waals surface area contributed by atoms with Crippen LogP contribution in [-0.4, -0.2) is 49.2 Å². The number of ketones is 1. The lowest BCUT2D eigenvalue weighted by Gasteiger charge is -2.37. The van der Waals surface area contributed by atoms with Gasteiger partial charge in [-0.3, -0.25) is 4.79 Å². The summed E-state index contributed by atoms with van der Waals surface area (Å²) in [7, 11) is 0. The molecule has 1 aliphatic heterocycles. The maximum absolute atomic E-state index is 12.2. The molecule has 0 unspecified atom stereocenters. The Morgan fingerprint density at radius 3 is 2.78 bits per heavy atom. The average molecular weight is 326 g/mol. The summed E-state index contributed by atoms with van der Waals surface area (Å²) < 4.78 is 17.3. The maximum atomic E-state index is 12.2. The van der Waals surface area contributed by atoms with Crippen molar-refractivity contribution < 1.29 is 24.1 Å². The molecule has 0 amide bonds. The third-order valence-electron chi connectivity index (χ3n) is 4.44. The number of aliphatic hydroxyl groups excluding tert-OH is 1. The van der Waals surface area contributed by atoms with E-state index in [9.17, 15) is 9.90 Å². The Morgan fingerprint density at radius 2 is 2.04 bits per heavy atom. The number of aliphatic hydroxyl groups is 1. The van der Waals surface area contributed by atoms with E-state index in [1.807, 2.05) is 0 Å². The Labute approximate surface area is 139 Å². The second kappa shape index (κ2) is 9.52. The molecule has 5 nitrogen and oxygen atoms in total. The molecule has 2 rings (SSSR count). The van der Waals surface area contributed by atoms with E-state index in [4.69, 9.17) is 14.2 Å². The van der Waals surface area contributed by atoms with Gasteiger partial charge in [0.15, 0.2) is 12.1 Å². The average Bonchev–Trinajstić information content (AvgIpc) is 2.54. The quantitative estimate of drug-likeness (QED) is 0.660. The molecule has 1 N–H and O–H groups in total. The lowest BCUT2D eigenvalue weighted by molar-refractivity contribution is -0.174. The van der Waals surface area contributed by atoms with Crippen molar-refractivity contribution in [3.8, 4) is 0 Å². The zero-order valence-electron chi connectivity index (χ0n) is 14.4. The van der Waals surface area contributed by atoms with Crippen LogP contribution >= 0.6 is 0 Å². The molecular weight excluding hydrogens is 296 g/mol. The molecule has 1 aliphatic carbocycles. The van der Waals surface area contributed by atoms with Crippen LogP contribution in [0.5, 0.6) is 0 Å². The number of carbonyl (C=O) groups excluding carboxylic acids is 1. The van der Waals surface area contributed by atoms with Crippen molar-refractivity contribution in [2.75, 3.05) is 19.8 Å². The van der Waals surface area contributed by atoms with Crippen molar-refractivity contribution in [2.24, 2.45) is 0 Å². The molecule has 132 valence electrons. The smallest absolute Gasteiger partial charge is 0.183 e. The van der Waals surface area contributed by atoms with Gasteiger partial charge in [-0.1, -0.05) is 26.7 Å². The number of rotatable bonds is 9. The van der Waals surface area contributed by atoms with Crippen molar-refractivity contribution in [1.82, 2.24) is 0 Å². The van der Waals surface area contributed by atoms with E-state index < -0.39 is 12.4 Å². The Kier molecular flexibility index (Phi) is 7.70. The fourth-order valence-corrected chi connectivity index (χ4v) is 3.17. The number of hydrogen-bond acceptors (Lipinski definition) is 5. The normalized spacial score (nSPS) is 28.1. The number of ether oxygens (including phenoxy) is 3. The van der Waals surface area contributed by atoms with Crippen LogP contribution in [0.2, 0.25) is 0 Å². The lowest BCUT2D eigenvalue weighted by atomic mass is 9.83. The summed E-state index contributed by atoms with van der Waals surface area (Å²) in [6.45, 7) is 5.87. The molecule has 2 aliphatic rings. The first kappa shape index (κ1) is 18.6. The second-order valence-electron chi connectivity index (χ2n) is 6.33. The fraction of sp³-hybridized carbons (Fsp3) is 0.833. The second-order valence-corrected chi connectivity index (χ2v) is 6.33. The zero-order valence-corrected chi connectivity index (χ0v) is 14.4. The highest BCUT2D eigenvalue weighted by molar-refractivity contribution is 5.97. The topological polar surface area (TPSA) is 65.0 Å². The van der Waals surface area contributed by atoms with E-state index in [1.54, 1.807) is 0 Å². The molecule has 0 spiro atoms. The Bertz CT molecular complexity index is 418. The molecule has 1 heterocycles. The Morgan fingerprint density at radius 1 is 1.22 bits per heavy atom. The van der Waals surface area contributed by atoms with Gasteiger partial charge < -0.3 is 19.3 Å². The van der Waals surface area contributed by atoms with E-state index in [2.05, 4.69) is 13.8 Å². The number of hydrogen-bond donors (Lipinski definition) is 1. The van der Waals surface area contributed by atoms with Gasteiger partial charge in [-0.15, -0.1) is 0 Å². The predicted octanol–water partition coefficient (Wildman–Crippen LogP) is 2.76. The molecule has 5 heteroatoms. The maximum Gasteiger partial charge on any atom is 0.183 e. The molecule has 0 radical (unpaired) electrons. The van der Waals surface area contributed by atoms with E-state index >= 15 is 0 Å². The van der Waals surface area contributed by atoms with E-state index in [-0.39, 0.29) is 11.9 Å². The first-order valence-corrected chi connectivity index (χ1v) is 8.96. The number of unbranched alkanes of at least 4 members (excludes halogenated alkanes) is 1. The van der Waals surface area contributed by atoms with Crippen molar-refractivity contribution >= 4 is 5.78 Å². The van der Waals surface area contributed by atoms with Crippen LogP contribution in [0.3, 0.4) is 0 Å². The standard InChI is InChI=1S/C18H30O5/c1-3-5-9-21-10-11-22-18-17-14(12-13(23-18)6-4-2)15(19)7-8-16(17)20/h13,16,18,20H,3-12H2,1-2H3/t13-,16+,18-/m0/s1. The predicted molar refractivity (Wildman–Crippen MR) is 87.1 cm³/mol. The van der Waals surface area contributed by atoms with Crippen molar-refractivity contribution in [3.05, 3.63) is 11.1 Å². The van der Waals surface area contributed by atoms with E-state index in [0.717, 1.165) is 37.9 Å². The van der Waals surface area contributed by atoms with E-state index in [1.165, 1.54) is 0 Å². The van der Waals surface area contributed by atoms with Crippen LogP contribution in [0.25, 0.3) is 0 Å². The lowest BCUT2D eigenvalue weighted by Crippen LogP contribution is -2.41. The largest absolute Gasteiger partial charge is 0.389 e. The molecule has 0 saturated carbocycles. The van der Waals surface area contributed by atoms with Gasteiger partial charge in [0.2, 0.25) is 0 Å². The van der Waals surface area contributed by atoms with Crippen LogP contribution in [-0.2, 0) is 19.0 Å². The third kappa shape index (κ3) is 5.11. The van der Waals surface area contributed by atoms with Crippen LogP contribution in [0, 0.1) is 0 Å². The molecular formula is C18H30O5. The highest BCUT2D eigenvalue weighted by Crippen LogP contribution is 2.36. The molecule has 0 saturated heterocycles. The van der Waals surface area contributed by atoms with Crippen LogP contribution in [0.4, 0.5) is 0 Å². The van der Waals surface area contributed by atoms with Gasteiger partial charge >= 0.3 is 0 Å². The molecule has 0 aromatic carbocycles. The van der Waals surface area contributed by atoms with Crippen LogP contribution < -0.4 is 0 Å². The van der Waals surface area contributed by atoms with Gasteiger partial charge in [0, 0.05) is 30.6 Å². The molecule has 0 fully saturated rings. The summed E-state index contributed by atoms with van der Waals surface area (Å²) in [5.74, 6) is 0.141. The van der Waals surface area contributed by atoms with Gasteiger partial charge in [0.25, 0.3) is 0 Å². The minimum atomic E-state index is -0.628. The first-order chi connectivity index (χ1) is 11.2. The van der Waals surface area contributed by atoms with Gasteiger partial charge in [-0.05, 0) is 19.3 Å². The van der Waals surface area contributed by atoms with Gasteiger partial charge in [-0.25, -0.2) is 0 Å². The Hall–Kier alpha value is -0.750. The van der Waals surface area contributed by atoms with Crippen molar-refractivity contribution in [3.63, 3.8) is 0 Å². The molecule has 23 heavy (non-hydrogen) atoms.